The van der Waals surface area contributed by atoms with E-state index in [1.165, 1.54) is 0 Å². The van der Waals surface area contributed by atoms with Crippen LogP contribution in [0.4, 0.5) is 0 Å². The van der Waals surface area contributed by atoms with Gasteiger partial charge in [0.05, 0.1) is 6.61 Å². The molecule has 0 aliphatic heterocycles. The Hall–Kier alpha value is -2.03. The molecule has 0 saturated heterocycles. The number of aryl methyl sites for hydroxylation is 1. The van der Waals surface area contributed by atoms with Gasteiger partial charge >= 0.3 is 0 Å². The predicted molar refractivity (Wildman–Crippen MR) is 66.4 cm³/mol. The highest BCUT2D eigenvalue weighted by atomic mass is 16.5. The molecule has 0 N–H and O–H groups in total. The predicted octanol–water partition coefficient (Wildman–Crippen LogP) is 2.77. The van der Waals surface area contributed by atoms with Crippen LogP contribution < -0.4 is 4.74 Å². The quantitative estimate of drug-likeness (QED) is 0.563. The van der Waals surface area contributed by atoms with Crippen molar-refractivity contribution in [3.05, 3.63) is 54.4 Å². The van der Waals surface area contributed by atoms with E-state index in [0.717, 1.165) is 25.0 Å². The second-order valence-corrected chi connectivity index (χ2v) is 3.82. The third kappa shape index (κ3) is 3.48. The third-order valence-electron chi connectivity index (χ3n) is 2.48. The lowest BCUT2D eigenvalue weighted by Gasteiger charge is -2.06. The van der Waals surface area contributed by atoms with Crippen molar-refractivity contribution in [2.75, 3.05) is 6.61 Å². The number of carbonyl (C=O) groups is 1. The van der Waals surface area contributed by atoms with E-state index in [-0.39, 0.29) is 0 Å². The third-order valence-corrected chi connectivity index (χ3v) is 2.48. The molecule has 0 bridgehead atoms. The van der Waals surface area contributed by atoms with Crippen LogP contribution >= 0.6 is 0 Å². The lowest BCUT2D eigenvalue weighted by Crippen LogP contribution is -2.02. The Labute approximate surface area is 101 Å². The highest BCUT2D eigenvalue weighted by Crippen LogP contribution is 2.08. The van der Waals surface area contributed by atoms with Crippen LogP contribution in [-0.2, 0) is 6.54 Å². The van der Waals surface area contributed by atoms with Gasteiger partial charge in [-0.25, -0.2) is 0 Å². The molecule has 3 nitrogen and oxygen atoms in total. The highest BCUT2D eigenvalue weighted by Gasteiger charge is 1.96. The molecule has 1 heterocycles. The van der Waals surface area contributed by atoms with E-state index in [4.69, 9.17) is 4.74 Å². The molecule has 0 aliphatic carbocycles. The second-order valence-electron chi connectivity index (χ2n) is 3.82. The zero-order valence-corrected chi connectivity index (χ0v) is 9.58. The van der Waals surface area contributed by atoms with Crippen LogP contribution in [0.3, 0.4) is 0 Å². The summed E-state index contributed by atoms with van der Waals surface area (Å²) < 4.78 is 7.58. The van der Waals surface area contributed by atoms with Crippen molar-refractivity contribution >= 4 is 6.29 Å². The van der Waals surface area contributed by atoms with Gasteiger partial charge in [-0.05, 0) is 24.6 Å². The summed E-state index contributed by atoms with van der Waals surface area (Å²) >= 11 is 0. The first-order valence-corrected chi connectivity index (χ1v) is 5.67. The van der Waals surface area contributed by atoms with Crippen LogP contribution in [0.5, 0.6) is 5.75 Å². The van der Waals surface area contributed by atoms with Gasteiger partial charge in [0.25, 0.3) is 0 Å². The number of hydrogen-bond acceptors (Lipinski definition) is 2. The highest BCUT2D eigenvalue weighted by molar-refractivity contribution is 5.74. The van der Waals surface area contributed by atoms with Crippen molar-refractivity contribution in [2.45, 2.75) is 13.0 Å². The average molecular weight is 229 g/mol. The SMILES string of the molecule is O=Cc1ccn(CCCOc2ccccc2)c1. The van der Waals surface area contributed by atoms with Crippen molar-refractivity contribution in [3.63, 3.8) is 0 Å². The molecule has 0 aliphatic rings. The molecule has 88 valence electrons. The van der Waals surface area contributed by atoms with Crippen molar-refractivity contribution in [2.24, 2.45) is 0 Å². The number of aldehydes is 1. The summed E-state index contributed by atoms with van der Waals surface area (Å²) in [6, 6.07) is 11.6. The monoisotopic (exact) mass is 229 g/mol. The summed E-state index contributed by atoms with van der Waals surface area (Å²) in [5.41, 5.74) is 0.717. The maximum atomic E-state index is 10.5. The normalized spacial score (nSPS) is 10.1. The molecule has 2 rings (SSSR count). The van der Waals surface area contributed by atoms with Gasteiger partial charge in [-0.15, -0.1) is 0 Å². The van der Waals surface area contributed by atoms with Crippen LogP contribution in [0.15, 0.2) is 48.8 Å². The fourth-order valence-corrected chi connectivity index (χ4v) is 1.62. The minimum atomic E-state index is 0.679. The average Bonchev–Trinajstić information content (AvgIpc) is 2.84. The number of benzene rings is 1. The zero-order valence-electron chi connectivity index (χ0n) is 9.58. The van der Waals surface area contributed by atoms with E-state index in [1.54, 1.807) is 0 Å². The van der Waals surface area contributed by atoms with E-state index < -0.39 is 0 Å². The maximum absolute atomic E-state index is 10.5. The van der Waals surface area contributed by atoms with E-state index in [1.807, 2.05) is 53.4 Å². The fourth-order valence-electron chi connectivity index (χ4n) is 1.62. The number of rotatable bonds is 6. The number of para-hydroxylation sites is 1. The summed E-state index contributed by atoms with van der Waals surface area (Å²) in [7, 11) is 0. The Kier molecular flexibility index (Phi) is 3.97. The number of ether oxygens (including phenoxy) is 1. The summed E-state index contributed by atoms with van der Waals surface area (Å²) in [5.74, 6) is 0.897. The van der Waals surface area contributed by atoms with Gasteiger partial charge in [-0.3, -0.25) is 4.79 Å². The van der Waals surface area contributed by atoms with Crippen molar-refractivity contribution in [1.29, 1.82) is 0 Å². The smallest absolute Gasteiger partial charge is 0.151 e. The molecule has 0 radical (unpaired) electrons. The van der Waals surface area contributed by atoms with Gasteiger partial charge in [0.15, 0.2) is 6.29 Å². The Bertz CT molecular complexity index is 462. The van der Waals surface area contributed by atoms with Gasteiger partial charge in [0.1, 0.15) is 5.75 Å². The topological polar surface area (TPSA) is 31.2 Å². The molecule has 0 fully saturated rings. The summed E-state index contributed by atoms with van der Waals surface area (Å²) in [4.78, 5) is 10.5. The zero-order chi connectivity index (χ0) is 11.9. The van der Waals surface area contributed by atoms with Gasteiger partial charge in [-0.1, -0.05) is 18.2 Å². The van der Waals surface area contributed by atoms with Crippen molar-refractivity contribution < 1.29 is 9.53 Å². The number of nitrogens with zero attached hydrogens (tertiary/aromatic N) is 1. The molecular weight excluding hydrogens is 214 g/mol. The summed E-state index contributed by atoms with van der Waals surface area (Å²) in [6.07, 6.45) is 5.53. The van der Waals surface area contributed by atoms with Crippen LogP contribution in [0.2, 0.25) is 0 Å². The molecule has 1 aromatic carbocycles. The molecule has 0 amide bonds. The Balaban J connectivity index is 1.71. The van der Waals surface area contributed by atoms with Crippen LogP contribution in [0.25, 0.3) is 0 Å². The first kappa shape index (κ1) is 11.5. The standard InChI is InChI=1S/C14H15NO2/c16-12-13-7-9-15(11-13)8-4-10-17-14-5-2-1-3-6-14/h1-3,5-7,9,11-12H,4,8,10H2. The lowest BCUT2D eigenvalue weighted by atomic mass is 10.3. The Morgan fingerprint density at radius 3 is 2.71 bits per heavy atom. The molecule has 3 heteroatoms. The molecule has 1 aromatic heterocycles. The minimum absolute atomic E-state index is 0.679. The van der Waals surface area contributed by atoms with Gasteiger partial charge in [0, 0.05) is 24.5 Å². The van der Waals surface area contributed by atoms with Gasteiger partial charge < -0.3 is 9.30 Å². The van der Waals surface area contributed by atoms with Gasteiger partial charge in [0.2, 0.25) is 0 Å². The first-order chi connectivity index (χ1) is 8.38. The number of hydrogen-bond donors (Lipinski definition) is 0. The first-order valence-electron chi connectivity index (χ1n) is 5.67. The van der Waals surface area contributed by atoms with Gasteiger partial charge in [-0.2, -0.15) is 0 Å². The molecule has 17 heavy (non-hydrogen) atoms. The fraction of sp³-hybridized carbons (Fsp3) is 0.214. The number of carbonyl (C=O) groups excluding carboxylic acids is 1. The molecular formula is C14H15NO2. The summed E-state index contributed by atoms with van der Waals surface area (Å²) in [6.45, 7) is 1.54. The number of aromatic nitrogens is 1. The largest absolute Gasteiger partial charge is 0.494 e. The van der Waals surface area contributed by atoms with E-state index in [2.05, 4.69) is 0 Å². The minimum Gasteiger partial charge on any atom is -0.494 e. The van der Waals surface area contributed by atoms with E-state index >= 15 is 0 Å². The molecule has 2 aromatic rings. The molecule has 0 spiro atoms. The molecule has 0 unspecified atom stereocenters. The van der Waals surface area contributed by atoms with E-state index in [0.29, 0.717) is 12.2 Å². The Morgan fingerprint density at radius 1 is 1.18 bits per heavy atom. The second kappa shape index (κ2) is 5.89. The Morgan fingerprint density at radius 2 is 2.00 bits per heavy atom. The lowest BCUT2D eigenvalue weighted by molar-refractivity contribution is 0.112. The molecule has 0 atom stereocenters. The summed E-state index contributed by atoms with van der Waals surface area (Å²) in [5, 5.41) is 0. The van der Waals surface area contributed by atoms with Crippen LogP contribution in [0, 0.1) is 0 Å². The van der Waals surface area contributed by atoms with Crippen molar-refractivity contribution in [1.82, 2.24) is 4.57 Å². The maximum Gasteiger partial charge on any atom is 0.151 e. The van der Waals surface area contributed by atoms with Crippen molar-refractivity contribution in [3.8, 4) is 5.75 Å². The van der Waals surface area contributed by atoms with Crippen LogP contribution in [0.1, 0.15) is 16.8 Å². The molecule has 0 saturated carbocycles. The van der Waals surface area contributed by atoms with Crippen LogP contribution in [-0.4, -0.2) is 17.5 Å². The van der Waals surface area contributed by atoms with E-state index in [9.17, 15) is 4.79 Å².